The average Bonchev–Trinajstić information content (AvgIpc) is 2.99. The third-order valence-corrected chi connectivity index (χ3v) is 10.3. The zero-order valence-corrected chi connectivity index (χ0v) is 19.3. The zero-order valence-electron chi connectivity index (χ0n) is 19.3. The maximum absolute atomic E-state index is 10.2. The van der Waals surface area contributed by atoms with Crippen LogP contribution in [0.3, 0.4) is 0 Å². The first-order chi connectivity index (χ1) is 13.3. The molecule has 1 nitrogen and oxygen atoms in total. The number of hydrogen-bond donors (Lipinski definition) is 1. The Kier molecular flexibility index (Phi) is 5.80. The molecule has 0 radical (unpaired) electrons. The van der Waals surface area contributed by atoms with Gasteiger partial charge >= 0.3 is 0 Å². The van der Waals surface area contributed by atoms with Crippen molar-refractivity contribution in [2.45, 2.75) is 111 Å². The topological polar surface area (TPSA) is 20.2 Å². The quantitative estimate of drug-likeness (QED) is 0.487. The Bertz CT molecular complexity index is 591. The second-order valence-electron chi connectivity index (χ2n) is 12.2. The molecule has 8 atom stereocenters. The zero-order chi connectivity index (χ0) is 20.1. The van der Waals surface area contributed by atoms with Gasteiger partial charge in [-0.05, 0) is 97.7 Å². The minimum absolute atomic E-state index is 0.0766. The van der Waals surface area contributed by atoms with Gasteiger partial charge in [-0.15, -0.1) is 0 Å². The van der Waals surface area contributed by atoms with E-state index >= 15 is 0 Å². The first-order valence-electron chi connectivity index (χ1n) is 12.6. The van der Waals surface area contributed by atoms with Crippen LogP contribution in [0.15, 0.2) is 11.6 Å². The molecule has 0 saturated heterocycles. The van der Waals surface area contributed by atoms with E-state index < -0.39 is 0 Å². The summed E-state index contributed by atoms with van der Waals surface area (Å²) in [6, 6.07) is 0. The van der Waals surface area contributed by atoms with Crippen LogP contribution in [-0.4, -0.2) is 11.2 Å². The molecule has 3 fully saturated rings. The maximum Gasteiger partial charge on any atom is 0.0577 e. The van der Waals surface area contributed by atoms with E-state index in [4.69, 9.17) is 0 Å². The summed E-state index contributed by atoms with van der Waals surface area (Å²) in [5.74, 6) is 5.46. The van der Waals surface area contributed by atoms with Crippen molar-refractivity contribution in [1.29, 1.82) is 0 Å². The van der Waals surface area contributed by atoms with E-state index in [1.165, 1.54) is 57.8 Å². The molecule has 0 aromatic rings. The van der Waals surface area contributed by atoms with Gasteiger partial charge in [0.25, 0.3) is 0 Å². The summed E-state index contributed by atoms with van der Waals surface area (Å²) in [6.45, 7) is 12.6. The van der Waals surface area contributed by atoms with Gasteiger partial charge in [-0.1, -0.05) is 65.5 Å². The fourth-order valence-corrected chi connectivity index (χ4v) is 8.67. The fraction of sp³-hybridized carbons (Fsp3) is 0.926. The van der Waals surface area contributed by atoms with Crippen LogP contribution in [0.4, 0.5) is 0 Å². The molecule has 0 spiro atoms. The molecule has 0 amide bonds. The van der Waals surface area contributed by atoms with Crippen LogP contribution in [-0.2, 0) is 0 Å². The van der Waals surface area contributed by atoms with Gasteiger partial charge in [0.15, 0.2) is 0 Å². The van der Waals surface area contributed by atoms with Gasteiger partial charge in [0.05, 0.1) is 6.10 Å². The van der Waals surface area contributed by atoms with E-state index in [1.807, 2.05) is 0 Å². The van der Waals surface area contributed by atoms with Crippen molar-refractivity contribution in [2.24, 2.45) is 46.3 Å². The summed E-state index contributed by atoms with van der Waals surface area (Å²) in [4.78, 5) is 0. The molecule has 1 heteroatoms. The number of aliphatic hydroxyl groups is 1. The van der Waals surface area contributed by atoms with E-state index in [0.29, 0.717) is 10.8 Å². The fourth-order valence-electron chi connectivity index (χ4n) is 8.67. The van der Waals surface area contributed by atoms with Gasteiger partial charge in [-0.2, -0.15) is 0 Å². The normalized spacial score (nSPS) is 46.5. The van der Waals surface area contributed by atoms with Crippen molar-refractivity contribution < 1.29 is 5.11 Å². The van der Waals surface area contributed by atoms with Crippen LogP contribution in [0.5, 0.6) is 0 Å². The number of aliphatic hydroxyl groups excluding tert-OH is 1. The Morgan fingerprint density at radius 1 is 1.07 bits per heavy atom. The predicted octanol–water partition coefficient (Wildman–Crippen LogP) is 7.39. The van der Waals surface area contributed by atoms with E-state index in [1.54, 1.807) is 5.57 Å². The largest absolute Gasteiger partial charge is 0.393 e. The van der Waals surface area contributed by atoms with Gasteiger partial charge in [-0.3, -0.25) is 0 Å². The molecule has 28 heavy (non-hydrogen) atoms. The lowest BCUT2D eigenvalue weighted by Crippen LogP contribution is -2.50. The van der Waals surface area contributed by atoms with Gasteiger partial charge in [-0.25, -0.2) is 0 Å². The Hall–Kier alpha value is -0.300. The molecular formula is C27H46O. The van der Waals surface area contributed by atoms with Crippen LogP contribution in [0.25, 0.3) is 0 Å². The molecule has 4 aliphatic rings. The van der Waals surface area contributed by atoms with Gasteiger partial charge in [0.2, 0.25) is 0 Å². The highest BCUT2D eigenvalue weighted by Crippen LogP contribution is 2.67. The van der Waals surface area contributed by atoms with Crippen LogP contribution in [0.2, 0.25) is 0 Å². The van der Waals surface area contributed by atoms with Crippen LogP contribution in [0, 0.1) is 46.3 Å². The molecule has 0 aliphatic heterocycles. The minimum atomic E-state index is -0.0766. The Morgan fingerprint density at radius 2 is 1.86 bits per heavy atom. The average molecular weight is 389 g/mol. The van der Waals surface area contributed by atoms with Crippen molar-refractivity contribution >= 4 is 0 Å². The SMILES string of the molecule is CC(C)CCC[C@@H]([14CH3])[C@H]1CC[C@H]2[C@@H]3CC=C4C[C@@H](O)CC[C@]4(C)[C@H]3CC[C@]12C. The highest BCUT2D eigenvalue weighted by Gasteiger charge is 2.59. The summed E-state index contributed by atoms with van der Waals surface area (Å²) in [6.07, 6.45) is 17.2. The predicted molar refractivity (Wildman–Crippen MR) is 119 cm³/mol. The molecule has 4 aliphatic carbocycles. The lowest BCUT2D eigenvalue weighted by Gasteiger charge is -2.58. The summed E-state index contributed by atoms with van der Waals surface area (Å²) < 4.78 is 0. The monoisotopic (exact) mass is 388 g/mol. The third-order valence-electron chi connectivity index (χ3n) is 10.3. The molecule has 0 unspecified atom stereocenters. The maximum atomic E-state index is 10.2. The Balaban J connectivity index is 1.49. The van der Waals surface area contributed by atoms with Gasteiger partial charge in [0.1, 0.15) is 0 Å². The third kappa shape index (κ3) is 3.42. The standard InChI is InChI=1S/C27H46O/c1-18(2)7-6-8-19(3)23-11-12-24-22-10-9-20-17-21(28)13-15-26(20,4)25(22)14-16-27(23,24)5/h9,18-19,21-25,28H,6-8,10-17H2,1-5H3/t19-,21+,22+,23-,24+,25+,26+,27-/m1/s1/i3+2. The first kappa shape index (κ1) is 21.0. The van der Waals surface area contributed by atoms with Crippen LogP contribution < -0.4 is 0 Å². The van der Waals surface area contributed by atoms with Crippen molar-refractivity contribution in [3.05, 3.63) is 11.6 Å². The lowest BCUT2D eigenvalue weighted by atomic mass is 9.47. The number of fused-ring (bicyclic) bond motifs is 5. The van der Waals surface area contributed by atoms with Crippen LogP contribution >= 0.6 is 0 Å². The second kappa shape index (κ2) is 7.75. The van der Waals surface area contributed by atoms with Crippen molar-refractivity contribution in [2.75, 3.05) is 0 Å². The van der Waals surface area contributed by atoms with E-state index in [2.05, 4.69) is 40.7 Å². The molecule has 3 saturated carbocycles. The highest BCUT2D eigenvalue weighted by atomic mass is 16.3. The number of allylic oxidation sites excluding steroid dienone is 1. The summed E-state index contributed by atoms with van der Waals surface area (Å²) in [5.41, 5.74) is 2.60. The molecule has 1 N–H and O–H groups in total. The first-order valence-corrected chi connectivity index (χ1v) is 12.6. The minimum Gasteiger partial charge on any atom is -0.393 e. The van der Waals surface area contributed by atoms with Crippen molar-refractivity contribution in [1.82, 2.24) is 0 Å². The molecule has 0 aromatic heterocycles. The number of rotatable bonds is 5. The summed E-state index contributed by atoms with van der Waals surface area (Å²) >= 11 is 0. The molecule has 0 aromatic carbocycles. The second-order valence-corrected chi connectivity index (χ2v) is 12.2. The summed E-state index contributed by atoms with van der Waals surface area (Å²) in [5, 5.41) is 10.2. The molecule has 0 heterocycles. The van der Waals surface area contributed by atoms with Crippen LogP contribution in [0.1, 0.15) is 105 Å². The lowest BCUT2D eigenvalue weighted by molar-refractivity contribution is -0.0573. The van der Waals surface area contributed by atoms with Crippen molar-refractivity contribution in [3.63, 3.8) is 0 Å². The van der Waals surface area contributed by atoms with E-state index in [-0.39, 0.29) is 6.10 Å². The van der Waals surface area contributed by atoms with Crippen molar-refractivity contribution in [3.8, 4) is 0 Å². The molecule has 160 valence electrons. The van der Waals surface area contributed by atoms with E-state index in [0.717, 1.165) is 48.3 Å². The van der Waals surface area contributed by atoms with Gasteiger partial charge in [0, 0.05) is 0 Å². The van der Waals surface area contributed by atoms with Gasteiger partial charge < -0.3 is 5.11 Å². The molecule has 4 rings (SSSR count). The highest BCUT2D eigenvalue weighted by molar-refractivity contribution is 5.25. The van der Waals surface area contributed by atoms with E-state index in [9.17, 15) is 5.11 Å². The summed E-state index contributed by atoms with van der Waals surface area (Å²) in [7, 11) is 0. The Labute approximate surface area is 174 Å². The molecule has 0 bridgehead atoms. The Morgan fingerprint density at radius 3 is 2.61 bits per heavy atom. The molecular weight excluding hydrogens is 342 g/mol. The smallest absolute Gasteiger partial charge is 0.0577 e. The number of hydrogen-bond acceptors (Lipinski definition) is 1.